The number of carbonyl (C=O) groups excluding carboxylic acids is 2. The Morgan fingerprint density at radius 2 is 1.91 bits per heavy atom. The van der Waals surface area contributed by atoms with Gasteiger partial charge in [-0.1, -0.05) is 29.3 Å². The van der Waals surface area contributed by atoms with Crippen LogP contribution in [0.4, 0.5) is 10.1 Å². The van der Waals surface area contributed by atoms with Crippen LogP contribution in [-0.2, 0) is 4.79 Å². The molecule has 3 rings (SSSR count). The van der Waals surface area contributed by atoms with Crippen LogP contribution in [0.5, 0.6) is 11.5 Å². The molecule has 0 aromatic heterocycles. The van der Waals surface area contributed by atoms with E-state index in [4.69, 9.17) is 26.3 Å². The third kappa shape index (κ3) is 6.79. The van der Waals surface area contributed by atoms with Crippen molar-refractivity contribution in [3.8, 4) is 17.6 Å². The highest BCUT2D eigenvalue weighted by molar-refractivity contribution is 6.32. The number of nitrogens with zero attached hydrogens (tertiary/aromatic N) is 2. The maximum atomic E-state index is 14.0. The second kappa shape index (κ2) is 11.6. The average molecular weight is 495 g/mol. The van der Waals surface area contributed by atoms with E-state index in [9.17, 15) is 14.0 Å². The zero-order chi connectivity index (χ0) is 25.4. The molecule has 0 spiro atoms. The van der Waals surface area contributed by atoms with E-state index in [-0.39, 0.29) is 40.2 Å². The molecule has 0 fully saturated rings. The van der Waals surface area contributed by atoms with E-state index in [1.54, 1.807) is 18.2 Å². The summed E-state index contributed by atoms with van der Waals surface area (Å²) in [6.45, 7) is 1.64. The number of nitriles is 1. The zero-order valence-corrected chi connectivity index (χ0v) is 19.5. The molecule has 0 atom stereocenters. The molecule has 0 aliphatic rings. The number of anilines is 1. The molecule has 3 aromatic carbocycles. The minimum atomic E-state index is -0.839. The van der Waals surface area contributed by atoms with Gasteiger partial charge < -0.3 is 14.8 Å². The summed E-state index contributed by atoms with van der Waals surface area (Å²) in [5, 5.41) is 15.5. The highest BCUT2D eigenvalue weighted by Crippen LogP contribution is 2.36. The van der Waals surface area contributed by atoms with Gasteiger partial charge in [0.2, 0.25) is 0 Å². The van der Waals surface area contributed by atoms with Gasteiger partial charge in [0.1, 0.15) is 5.82 Å². The van der Waals surface area contributed by atoms with Crippen LogP contribution in [-0.4, -0.2) is 31.7 Å². The first-order chi connectivity index (χ1) is 16.8. The van der Waals surface area contributed by atoms with Gasteiger partial charge in [0.25, 0.3) is 11.8 Å². The number of hydrazone groups is 1. The maximum absolute atomic E-state index is 14.0. The molecule has 0 bridgehead atoms. The molecule has 10 heteroatoms. The number of halogens is 2. The second-order valence-electron chi connectivity index (χ2n) is 7.24. The second-order valence-corrected chi connectivity index (χ2v) is 7.65. The summed E-state index contributed by atoms with van der Waals surface area (Å²) in [5.41, 5.74) is 4.19. The van der Waals surface area contributed by atoms with Crippen molar-refractivity contribution in [1.82, 2.24) is 5.43 Å². The number of rotatable bonds is 8. The van der Waals surface area contributed by atoms with Crippen molar-refractivity contribution in [2.45, 2.75) is 6.92 Å². The van der Waals surface area contributed by atoms with Crippen molar-refractivity contribution in [2.24, 2.45) is 5.10 Å². The third-order valence-corrected chi connectivity index (χ3v) is 4.94. The van der Waals surface area contributed by atoms with Gasteiger partial charge in [-0.2, -0.15) is 10.4 Å². The van der Waals surface area contributed by atoms with Gasteiger partial charge in [-0.15, -0.1) is 0 Å². The number of carbonyl (C=O) groups is 2. The molecule has 0 heterocycles. The number of aryl methyl sites for hydroxylation is 1. The first-order valence-corrected chi connectivity index (χ1v) is 10.6. The van der Waals surface area contributed by atoms with Crippen molar-refractivity contribution < 1.29 is 23.5 Å². The molecule has 3 aromatic rings. The van der Waals surface area contributed by atoms with Crippen LogP contribution < -0.4 is 20.2 Å². The van der Waals surface area contributed by atoms with Gasteiger partial charge in [-0.05, 0) is 55.0 Å². The van der Waals surface area contributed by atoms with Crippen LogP contribution in [0.3, 0.4) is 0 Å². The largest absolute Gasteiger partial charge is 0.493 e. The Labute approximate surface area is 205 Å². The fourth-order valence-corrected chi connectivity index (χ4v) is 3.19. The molecule has 0 saturated carbocycles. The van der Waals surface area contributed by atoms with Crippen LogP contribution in [0, 0.1) is 24.1 Å². The lowest BCUT2D eigenvalue weighted by atomic mass is 10.1. The first kappa shape index (κ1) is 25.2. The fourth-order valence-electron chi connectivity index (χ4n) is 2.92. The lowest BCUT2D eigenvalue weighted by Crippen LogP contribution is -2.20. The number of benzene rings is 3. The number of ether oxygens (including phenoxy) is 2. The Bertz CT molecular complexity index is 1320. The van der Waals surface area contributed by atoms with Crippen molar-refractivity contribution in [2.75, 3.05) is 19.0 Å². The number of hydrogen-bond donors (Lipinski definition) is 2. The van der Waals surface area contributed by atoms with E-state index >= 15 is 0 Å². The molecule has 35 heavy (non-hydrogen) atoms. The Morgan fingerprint density at radius 3 is 2.57 bits per heavy atom. The molecule has 2 amide bonds. The first-order valence-electron chi connectivity index (χ1n) is 10.2. The average Bonchev–Trinajstić information content (AvgIpc) is 2.84. The molecule has 0 unspecified atom stereocenters. The quantitative estimate of drug-likeness (QED) is 0.355. The van der Waals surface area contributed by atoms with Crippen LogP contribution in [0.25, 0.3) is 0 Å². The van der Waals surface area contributed by atoms with Crippen molar-refractivity contribution in [1.29, 1.82) is 5.26 Å². The van der Waals surface area contributed by atoms with E-state index in [1.807, 2.05) is 19.1 Å². The summed E-state index contributed by atoms with van der Waals surface area (Å²) < 4.78 is 24.8. The molecule has 178 valence electrons. The predicted molar refractivity (Wildman–Crippen MR) is 129 cm³/mol. The highest BCUT2D eigenvalue weighted by atomic mass is 35.5. The van der Waals surface area contributed by atoms with Crippen LogP contribution in [0.15, 0.2) is 59.7 Å². The molecule has 8 nitrogen and oxygen atoms in total. The van der Waals surface area contributed by atoms with Crippen molar-refractivity contribution in [3.63, 3.8) is 0 Å². The third-order valence-electron chi connectivity index (χ3n) is 4.66. The number of amides is 2. The van der Waals surface area contributed by atoms with Crippen molar-refractivity contribution in [3.05, 3.63) is 87.7 Å². The SMILES string of the molecule is COc1cc(/C=N\NC(=O)c2ccc(C#N)cc2F)cc(Cl)c1OCC(=O)Nc1ccc(C)cc1. The minimum Gasteiger partial charge on any atom is -0.493 e. The van der Waals surface area contributed by atoms with Gasteiger partial charge in [0, 0.05) is 5.69 Å². The number of methoxy groups -OCH3 is 1. The smallest absolute Gasteiger partial charge is 0.274 e. The molecule has 0 radical (unpaired) electrons. The topological polar surface area (TPSA) is 113 Å². The van der Waals surface area contributed by atoms with Crippen LogP contribution in [0.2, 0.25) is 5.02 Å². The van der Waals surface area contributed by atoms with Crippen LogP contribution >= 0.6 is 11.6 Å². The zero-order valence-electron chi connectivity index (χ0n) is 18.8. The summed E-state index contributed by atoms with van der Waals surface area (Å²) in [5.74, 6) is -1.61. The van der Waals surface area contributed by atoms with Gasteiger partial charge in [-0.25, -0.2) is 9.82 Å². The number of hydrogen-bond acceptors (Lipinski definition) is 6. The monoisotopic (exact) mass is 494 g/mol. The fraction of sp³-hybridized carbons (Fsp3) is 0.120. The molecule has 0 aliphatic carbocycles. The summed E-state index contributed by atoms with van der Waals surface area (Å²) in [6.07, 6.45) is 1.28. The van der Waals surface area contributed by atoms with Gasteiger partial charge >= 0.3 is 0 Å². The molecule has 2 N–H and O–H groups in total. The van der Waals surface area contributed by atoms with E-state index in [0.29, 0.717) is 11.3 Å². The summed E-state index contributed by atoms with van der Waals surface area (Å²) in [7, 11) is 1.40. The number of nitrogens with one attached hydrogen (secondary N) is 2. The summed E-state index contributed by atoms with van der Waals surface area (Å²) in [4.78, 5) is 24.3. The summed E-state index contributed by atoms with van der Waals surface area (Å²) >= 11 is 6.30. The van der Waals surface area contributed by atoms with E-state index in [0.717, 1.165) is 11.6 Å². The Hall–Kier alpha value is -4.42. The van der Waals surface area contributed by atoms with Crippen LogP contribution in [0.1, 0.15) is 27.0 Å². The van der Waals surface area contributed by atoms with Crippen molar-refractivity contribution >= 4 is 35.3 Å². The van der Waals surface area contributed by atoms with Gasteiger partial charge in [0.05, 0.1) is 35.5 Å². The minimum absolute atomic E-state index is 0.0965. The molecular formula is C25H20ClFN4O4. The maximum Gasteiger partial charge on any atom is 0.274 e. The Kier molecular flexibility index (Phi) is 8.38. The summed E-state index contributed by atoms with van der Waals surface area (Å²) in [6, 6.07) is 15.6. The van der Waals surface area contributed by atoms with Gasteiger partial charge in [-0.3, -0.25) is 9.59 Å². The Balaban J connectivity index is 1.64. The Morgan fingerprint density at radius 1 is 1.17 bits per heavy atom. The van der Waals surface area contributed by atoms with E-state index in [2.05, 4.69) is 15.8 Å². The molecule has 0 aliphatic heterocycles. The lowest BCUT2D eigenvalue weighted by molar-refractivity contribution is -0.118. The molecular weight excluding hydrogens is 475 g/mol. The molecule has 0 saturated heterocycles. The van der Waals surface area contributed by atoms with E-state index in [1.165, 1.54) is 37.6 Å². The van der Waals surface area contributed by atoms with Gasteiger partial charge in [0.15, 0.2) is 18.1 Å². The normalized spacial score (nSPS) is 10.5. The standard InChI is InChI=1S/C25H20ClFN4O4/c1-15-3-6-18(7-4-15)30-23(32)14-35-24-20(26)9-17(11-22(24)34-2)13-29-31-25(33)19-8-5-16(12-28)10-21(19)27/h3-11,13H,14H2,1-2H3,(H,30,32)(H,31,33)/b29-13-. The highest BCUT2D eigenvalue weighted by Gasteiger charge is 2.15. The predicted octanol–water partition coefficient (Wildman–Crippen LogP) is 4.45. The lowest BCUT2D eigenvalue weighted by Gasteiger charge is -2.13. The van der Waals surface area contributed by atoms with E-state index < -0.39 is 11.7 Å².